The number of hydrogen-bond donors (Lipinski definition) is 2. The minimum absolute atomic E-state index is 0.174. The molecule has 2 heterocycles. The summed E-state index contributed by atoms with van der Waals surface area (Å²) in [5.41, 5.74) is 2.16. The van der Waals surface area contributed by atoms with E-state index in [9.17, 15) is 4.79 Å². The molecule has 0 fully saturated rings. The van der Waals surface area contributed by atoms with Gasteiger partial charge in [0.25, 0.3) is 5.91 Å². The molecule has 1 atom stereocenters. The lowest BCUT2D eigenvalue weighted by molar-refractivity contribution is -0.122. The Kier molecular flexibility index (Phi) is 2.46. The van der Waals surface area contributed by atoms with Crippen molar-refractivity contribution in [1.82, 2.24) is 9.97 Å². The number of amides is 1. The van der Waals surface area contributed by atoms with Crippen LogP contribution < -0.4 is 10.1 Å². The summed E-state index contributed by atoms with van der Waals surface area (Å²) in [5, 5.41) is 11.5. The van der Waals surface area contributed by atoms with Crippen LogP contribution >= 0.6 is 0 Å². The van der Waals surface area contributed by atoms with Gasteiger partial charge in [-0.3, -0.25) is 4.79 Å². The molecule has 1 aromatic heterocycles. The number of carbonyl (C=O) groups excluding carboxylic acids is 1. The predicted octanol–water partition coefficient (Wildman–Crippen LogP) is 1.67. The second-order valence-corrected chi connectivity index (χ2v) is 4.22. The fourth-order valence-electron chi connectivity index (χ4n) is 1.90. The molecule has 1 unspecified atom stereocenters. The van der Waals surface area contributed by atoms with Gasteiger partial charge in [0.2, 0.25) is 5.82 Å². The topological polar surface area (TPSA) is 90.8 Å². The number of hydrogen-bond acceptors (Lipinski definition) is 4. The fourth-order valence-corrected chi connectivity index (χ4v) is 1.90. The molecule has 2 aromatic rings. The Bertz CT molecular complexity index is 699. The number of anilines is 1. The van der Waals surface area contributed by atoms with Crippen LogP contribution in [0.2, 0.25) is 0 Å². The second-order valence-electron chi connectivity index (χ2n) is 4.22. The first-order valence-corrected chi connectivity index (χ1v) is 5.74. The minimum atomic E-state index is -0.490. The monoisotopic (exact) mass is 254 g/mol. The minimum Gasteiger partial charge on any atom is -0.479 e. The van der Waals surface area contributed by atoms with Gasteiger partial charge in [0.1, 0.15) is 11.8 Å². The van der Waals surface area contributed by atoms with E-state index in [1.807, 2.05) is 12.1 Å². The third-order valence-corrected chi connectivity index (χ3v) is 2.90. The number of aromatic nitrogens is 2. The van der Waals surface area contributed by atoms with E-state index in [0.29, 0.717) is 17.1 Å². The summed E-state index contributed by atoms with van der Waals surface area (Å²) < 4.78 is 5.47. The van der Waals surface area contributed by atoms with Crippen LogP contribution in [-0.4, -0.2) is 22.0 Å². The predicted molar refractivity (Wildman–Crippen MR) is 67.5 cm³/mol. The van der Waals surface area contributed by atoms with Gasteiger partial charge in [0.15, 0.2) is 6.10 Å². The molecule has 3 rings (SSSR count). The van der Waals surface area contributed by atoms with Gasteiger partial charge in [0.05, 0.1) is 17.6 Å². The Labute approximate surface area is 109 Å². The number of nitrogens with one attached hydrogen (secondary N) is 2. The van der Waals surface area contributed by atoms with Crippen LogP contribution in [0, 0.1) is 11.3 Å². The molecule has 1 aromatic carbocycles. The summed E-state index contributed by atoms with van der Waals surface area (Å²) in [6.45, 7) is 1.69. The first-order valence-electron chi connectivity index (χ1n) is 5.74. The quantitative estimate of drug-likeness (QED) is 0.809. The molecule has 0 bridgehead atoms. The van der Waals surface area contributed by atoms with Gasteiger partial charge in [-0.2, -0.15) is 5.26 Å². The van der Waals surface area contributed by atoms with Crippen LogP contribution in [0.15, 0.2) is 24.4 Å². The van der Waals surface area contributed by atoms with Gasteiger partial charge in [-0.15, -0.1) is 0 Å². The van der Waals surface area contributed by atoms with Crippen LogP contribution in [0.4, 0.5) is 5.69 Å². The lowest BCUT2D eigenvalue weighted by Gasteiger charge is -2.23. The Morgan fingerprint density at radius 1 is 1.47 bits per heavy atom. The normalized spacial score (nSPS) is 17.1. The van der Waals surface area contributed by atoms with E-state index in [-0.39, 0.29) is 11.7 Å². The molecule has 2 N–H and O–H groups in total. The Morgan fingerprint density at radius 3 is 3.05 bits per heavy atom. The van der Waals surface area contributed by atoms with Crippen molar-refractivity contribution in [2.75, 3.05) is 5.32 Å². The molecule has 1 aliphatic rings. The summed E-state index contributed by atoms with van der Waals surface area (Å²) >= 11 is 0. The molecular weight excluding hydrogens is 244 g/mol. The molecule has 6 heteroatoms. The molecule has 94 valence electrons. The van der Waals surface area contributed by atoms with Crippen molar-refractivity contribution >= 4 is 11.6 Å². The zero-order valence-corrected chi connectivity index (χ0v) is 10.1. The Balaban J connectivity index is 2.00. The average molecular weight is 254 g/mol. The standard InChI is InChI=1S/C13H10N4O2/c1-7-13(18)17-9-4-8(2-3-11(9)19-7)10-6-15-12(5-14)16-10/h2-4,6-7H,1H3,(H,15,16)(H,17,18). The zero-order chi connectivity index (χ0) is 13.4. The van der Waals surface area contributed by atoms with Gasteiger partial charge >= 0.3 is 0 Å². The van der Waals surface area contributed by atoms with E-state index in [0.717, 1.165) is 5.56 Å². The van der Waals surface area contributed by atoms with Crippen LogP contribution in [0.3, 0.4) is 0 Å². The molecule has 1 aliphatic heterocycles. The largest absolute Gasteiger partial charge is 0.479 e. The number of aromatic amines is 1. The molecule has 0 saturated carbocycles. The fraction of sp³-hybridized carbons (Fsp3) is 0.154. The smallest absolute Gasteiger partial charge is 0.265 e. The van der Waals surface area contributed by atoms with Crippen LogP contribution in [0.1, 0.15) is 12.7 Å². The van der Waals surface area contributed by atoms with Crippen LogP contribution in [0.5, 0.6) is 5.75 Å². The van der Waals surface area contributed by atoms with Gasteiger partial charge in [0, 0.05) is 5.56 Å². The maximum Gasteiger partial charge on any atom is 0.265 e. The van der Waals surface area contributed by atoms with Gasteiger partial charge in [-0.05, 0) is 25.1 Å². The average Bonchev–Trinajstić information content (AvgIpc) is 2.88. The van der Waals surface area contributed by atoms with Crippen molar-refractivity contribution in [3.05, 3.63) is 30.2 Å². The lowest BCUT2D eigenvalue weighted by atomic mass is 10.1. The zero-order valence-electron chi connectivity index (χ0n) is 10.1. The van der Waals surface area contributed by atoms with Crippen LogP contribution in [-0.2, 0) is 4.79 Å². The first kappa shape index (κ1) is 11.3. The molecular formula is C13H10N4O2. The van der Waals surface area contributed by atoms with Gasteiger partial charge in [-0.1, -0.05) is 0 Å². The Hall–Kier alpha value is -2.81. The molecule has 1 amide bonds. The Morgan fingerprint density at radius 2 is 2.32 bits per heavy atom. The van der Waals surface area contributed by atoms with E-state index < -0.39 is 6.10 Å². The van der Waals surface area contributed by atoms with Crippen molar-refractivity contribution in [2.45, 2.75) is 13.0 Å². The van der Waals surface area contributed by atoms with E-state index in [1.165, 1.54) is 0 Å². The molecule has 6 nitrogen and oxygen atoms in total. The maximum absolute atomic E-state index is 11.6. The van der Waals surface area contributed by atoms with Crippen LogP contribution in [0.25, 0.3) is 11.3 Å². The third kappa shape index (κ3) is 1.91. The highest BCUT2D eigenvalue weighted by Gasteiger charge is 2.23. The highest BCUT2D eigenvalue weighted by molar-refractivity contribution is 5.98. The van der Waals surface area contributed by atoms with Crippen molar-refractivity contribution < 1.29 is 9.53 Å². The van der Waals surface area contributed by atoms with Crippen molar-refractivity contribution in [2.24, 2.45) is 0 Å². The number of fused-ring (bicyclic) bond motifs is 1. The number of H-pyrrole nitrogens is 1. The lowest BCUT2D eigenvalue weighted by Crippen LogP contribution is -2.34. The van der Waals surface area contributed by atoms with E-state index in [1.54, 1.807) is 25.3 Å². The summed E-state index contributed by atoms with van der Waals surface area (Å²) in [7, 11) is 0. The van der Waals surface area contributed by atoms with E-state index >= 15 is 0 Å². The number of ether oxygens (including phenoxy) is 1. The van der Waals surface area contributed by atoms with Gasteiger partial charge in [-0.25, -0.2) is 4.98 Å². The van der Waals surface area contributed by atoms with Gasteiger partial charge < -0.3 is 15.0 Å². The number of nitrogens with zero attached hydrogens (tertiary/aromatic N) is 2. The third-order valence-electron chi connectivity index (χ3n) is 2.90. The number of imidazole rings is 1. The molecule has 0 spiro atoms. The molecule has 0 radical (unpaired) electrons. The first-order chi connectivity index (χ1) is 9.17. The molecule has 0 saturated heterocycles. The highest BCUT2D eigenvalue weighted by atomic mass is 16.5. The second kappa shape index (κ2) is 4.14. The summed E-state index contributed by atoms with van der Waals surface area (Å²) in [6, 6.07) is 7.35. The number of nitriles is 1. The number of benzene rings is 1. The molecule has 19 heavy (non-hydrogen) atoms. The van der Waals surface area contributed by atoms with Crippen molar-refractivity contribution in [3.63, 3.8) is 0 Å². The number of carbonyl (C=O) groups is 1. The van der Waals surface area contributed by atoms with E-state index in [4.69, 9.17) is 10.00 Å². The summed E-state index contributed by atoms with van der Waals surface area (Å²) in [6.07, 6.45) is 1.09. The maximum atomic E-state index is 11.6. The van der Waals surface area contributed by atoms with Crippen molar-refractivity contribution in [3.8, 4) is 23.1 Å². The highest BCUT2D eigenvalue weighted by Crippen LogP contribution is 2.33. The summed E-state index contributed by atoms with van der Waals surface area (Å²) in [4.78, 5) is 18.4. The molecule has 0 aliphatic carbocycles. The number of rotatable bonds is 1. The SMILES string of the molecule is CC1Oc2ccc(-c3cnc(C#N)[nH]3)cc2NC1=O. The van der Waals surface area contributed by atoms with E-state index in [2.05, 4.69) is 15.3 Å². The van der Waals surface area contributed by atoms with Crippen molar-refractivity contribution in [1.29, 1.82) is 5.26 Å². The summed E-state index contributed by atoms with van der Waals surface area (Å²) in [5.74, 6) is 0.712.